The van der Waals surface area contributed by atoms with Crippen molar-refractivity contribution in [1.82, 2.24) is 5.32 Å². The first-order chi connectivity index (χ1) is 9.15. The van der Waals surface area contributed by atoms with Gasteiger partial charge >= 0.3 is 0 Å². The van der Waals surface area contributed by atoms with Gasteiger partial charge in [0.25, 0.3) is 0 Å². The summed E-state index contributed by atoms with van der Waals surface area (Å²) in [5, 5.41) is 3.39. The highest BCUT2D eigenvalue weighted by Gasteiger charge is 2.02. The van der Waals surface area contributed by atoms with Gasteiger partial charge in [0.15, 0.2) is 0 Å². The Morgan fingerprint density at radius 2 is 1.74 bits per heavy atom. The third-order valence-corrected chi connectivity index (χ3v) is 3.36. The van der Waals surface area contributed by atoms with Crippen LogP contribution < -0.4 is 10.1 Å². The molecule has 0 aliphatic heterocycles. The summed E-state index contributed by atoms with van der Waals surface area (Å²) in [6.45, 7) is 5.17. The summed E-state index contributed by atoms with van der Waals surface area (Å²) >= 11 is 3.47. The molecule has 2 rings (SSSR count). The molecule has 0 amide bonds. The Kier molecular flexibility index (Phi) is 5.00. The van der Waals surface area contributed by atoms with Gasteiger partial charge in [-0.2, -0.15) is 0 Å². The zero-order valence-corrected chi connectivity index (χ0v) is 12.8. The van der Waals surface area contributed by atoms with E-state index in [1.165, 1.54) is 5.56 Å². The second-order valence-electron chi connectivity index (χ2n) is 4.71. The molecule has 0 atom stereocenters. The molecule has 0 saturated carbocycles. The lowest BCUT2D eigenvalue weighted by atomic mass is 10.2. The molecule has 19 heavy (non-hydrogen) atoms. The lowest BCUT2D eigenvalue weighted by Gasteiger charge is -2.10. The lowest BCUT2D eigenvalue weighted by molar-refractivity contribution is 0.479. The van der Waals surface area contributed by atoms with Crippen molar-refractivity contribution in [2.24, 2.45) is 0 Å². The normalized spacial score (nSPS) is 10.7. The number of para-hydroxylation sites is 1. The van der Waals surface area contributed by atoms with Gasteiger partial charge in [0.2, 0.25) is 0 Å². The molecule has 100 valence electrons. The van der Waals surface area contributed by atoms with Crippen molar-refractivity contribution in [1.29, 1.82) is 0 Å². The minimum Gasteiger partial charge on any atom is -0.456 e. The van der Waals surface area contributed by atoms with E-state index < -0.39 is 0 Å². The van der Waals surface area contributed by atoms with Crippen molar-refractivity contribution >= 4 is 15.9 Å². The van der Waals surface area contributed by atoms with E-state index in [2.05, 4.69) is 47.2 Å². The molecule has 0 radical (unpaired) electrons. The van der Waals surface area contributed by atoms with Crippen LogP contribution in [0.3, 0.4) is 0 Å². The van der Waals surface area contributed by atoms with Gasteiger partial charge in [-0.3, -0.25) is 0 Å². The molecule has 0 bridgehead atoms. The van der Waals surface area contributed by atoms with Gasteiger partial charge < -0.3 is 10.1 Å². The first-order valence-corrected chi connectivity index (χ1v) is 7.19. The predicted molar refractivity (Wildman–Crippen MR) is 82.6 cm³/mol. The molecular formula is C16H18BrNO. The van der Waals surface area contributed by atoms with Crippen molar-refractivity contribution in [2.75, 3.05) is 0 Å². The van der Waals surface area contributed by atoms with E-state index in [0.717, 1.165) is 22.5 Å². The molecule has 2 nitrogen and oxygen atoms in total. The zero-order valence-electron chi connectivity index (χ0n) is 11.2. The maximum absolute atomic E-state index is 5.82. The Labute approximate surface area is 122 Å². The van der Waals surface area contributed by atoms with Crippen LogP contribution in [0.5, 0.6) is 11.5 Å². The van der Waals surface area contributed by atoms with Crippen LogP contribution in [0.25, 0.3) is 0 Å². The number of halogens is 1. The average Bonchev–Trinajstić information content (AvgIpc) is 2.40. The third kappa shape index (κ3) is 4.37. The molecule has 0 aliphatic rings. The van der Waals surface area contributed by atoms with Gasteiger partial charge in [-0.25, -0.2) is 0 Å². The predicted octanol–water partition coefficient (Wildman–Crippen LogP) is 4.74. The Hall–Kier alpha value is -1.32. The second kappa shape index (κ2) is 6.73. The fourth-order valence-electron chi connectivity index (χ4n) is 1.65. The van der Waals surface area contributed by atoms with Crippen LogP contribution in [0, 0.1) is 0 Å². The molecule has 0 spiro atoms. The maximum Gasteiger partial charge on any atom is 0.141 e. The van der Waals surface area contributed by atoms with E-state index in [1.807, 2.05) is 36.4 Å². The summed E-state index contributed by atoms with van der Waals surface area (Å²) in [7, 11) is 0. The number of rotatable bonds is 5. The number of ether oxygens (including phenoxy) is 1. The standard InChI is InChI=1S/C16H18BrNO/c1-12(2)18-11-13-7-9-14(10-8-13)19-16-6-4-3-5-15(16)17/h3-10,12,18H,11H2,1-2H3. The van der Waals surface area contributed by atoms with E-state index in [0.29, 0.717) is 6.04 Å². The Balaban J connectivity index is 2.01. The smallest absolute Gasteiger partial charge is 0.141 e. The lowest BCUT2D eigenvalue weighted by Crippen LogP contribution is -2.21. The minimum atomic E-state index is 0.496. The van der Waals surface area contributed by atoms with Crippen molar-refractivity contribution in [3.63, 3.8) is 0 Å². The van der Waals surface area contributed by atoms with Crippen LogP contribution >= 0.6 is 15.9 Å². The maximum atomic E-state index is 5.82. The first-order valence-electron chi connectivity index (χ1n) is 6.40. The molecule has 1 N–H and O–H groups in total. The molecule has 3 heteroatoms. The fourth-order valence-corrected chi connectivity index (χ4v) is 2.02. The average molecular weight is 320 g/mol. The van der Waals surface area contributed by atoms with Gasteiger partial charge in [-0.05, 0) is 45.8 Å². The van der Waals surface area contributed by atoms with Gasteiger partial charge in [0.1, 0.15) is 11.5 Å². The van der Waals surface area contributed by atoms with Gasteiger partial charge in [-0.15, -0.1) is 0 Å². The summed E-state index contributed by atoms with van der Waals surface area (Å²) in [6, 6.07) is 16.5. The van der Waals surface area contributed by atoms with Crippen molar-refractivity contribution in [3.05, 3.63) is 58.6 Å². The van der Waals surface area contributed by atoms with E-state index in [-0.39, 0.29) is 0 Å². The molecule has 2 aromatic carbocycles. The van der Waals surface area contributed by atoms with Crippen molar-refractivity contribution < 1.29 is 4.74 Å². The van der Waals surface area contributed by atoms with Crippen LogP contribution in [0.1, 0.15) is 19.4 Å². The molecule has 0 saturated heterocycles. The van der Waals surface area contributed by atoms with Gasteiger partial charge in [0.05, 0.1) is 4.47 Å². The number of benzene rings is 2. The van der Waals surface area contributed by atoms with E-state index in [9.17, 15) is 0 Å². The van der Waals surface area contributed by atoms with Crippen LogP contribution in [-0.2, 0) is 6.54 Å². The van der Waals surface area contributed by atoms with Crippen molar-refractivity contribution in [3.8, 4) is 11.5 Å². The van der Waals surface area contributed by atoms with Crippen LogP contribution in [-0.4, -0.2) is 6.04 Å². The Morgan fingerprint density at radius 3 is 2.37 bits per heavy atom. The molecule has 2 aromatic rings. The molecule has 0 fully saturated rings. The summed E-state index contributed by atoms with van der Waals surface area (Å²) in [6.07, 6.45) is 0. The summed E-state index contributed by atoms with van der Waals surface area (Å²) < 4.78 is 6.78. The molecule has 0 heterocycles. The minimum absolute atomic E-state index is 0.496. The highest BCUT2D eigenvalue weighted by Crippen LogP contribution is 2.29. The zero-order chi connectivity index (χ0) is 13.7. The highest BCUT2D eigenvalue weighted by atomic mass is 79.9. The summed E-state index contributed by atoms with van der Waals surface area (Å²) in [4.78, 5) is 0. The number of hydrogen-bond donors (Lipinski definition) is 1. The number of nitrogens with one attached hydrogen (secondary N) is 1. The fraction of sp³-hybridized carbons (Fsp3) is 0.250. The van der Waals surface area contributed by atoms with Crippen molar-refractivity contribution in [2.45, 2.75) is 26.4 Å². The number of hydrogen-bond acceptors (Lipinski definition) is 2. The Morgan fingerprint density at radius 1 is 1.05 bits per heavy atom. The van der Waals surface area contributed by atoms with Crippen LogP contribution in [0.4, 0.5) is 0 Å². The van der Waals surface area contributed by atoms with Gasteiger partial charge in [-0.1, -0.05) is 38.1 Å². The first kappa shape index (κ1) is 14.1. The van der Waals surface area contributed by atoms with E-state index in [4.69, 9.17) is 4.74 Å². The molecular weight excluding hydrogens is 302 g/mol. The molecule has 0 aliphatic carbocycles. The highest BCUT2D eigenvalue weighted by molar-refractivity contribution is 9.10. The molecule has 0 aromatic heterocycles. The Bertz CT molecular complexity index is 523. The quantitative estimate of drug-likeness (QED) is 0.859. The van der Waals surface area contributed by atoms with E-state index >= 15 is 0 Å². The monoisotopic (exact) mass is 319 g/mol. The third-order valence-electron chi connectivity index (χ3n) is 2.70. The van der Waals surface area contributed by atoms with Crippen LogP contribution in [0.15, 0.2) is 53.0 Å². The summed E-state index contributed by atoms with van der Waals surface area (Å²) in [5.74, 6) is 1.68. The van der Waals surface area contributed by atoms with E-state index in [1.54, 1.807) is 0 Å². The SMILES string of the molecule is CC(C)NCc1ccc(Oc2ccccc2Br)cc1. The van der Waals surface area contributed by atoms with Crippen LogP contribution in [0.2, 0.25) is 0 Å². The largest absolute Gasteiger partial charge is 0.456 e. The van der Waals surface area contributed by atoms with Gasteiger partial charge in [0, 0.05) is 12.6 Å². The summed E-state index contributed by atoms with van der Waals surface area (Å²) in [5.41, 5.74) is 1.26. The topological polar surface area (TPSA) is 21.3 Å². The second-order valence-corrected chi connectivity index (χ2v) is 5.57. The molecule has 0 unspecified atom stereocenters.